The standard InChI is InChI=1S/C22H25NO4/c1-6-20-21(7-2)27-22(23-20)9-8-19-16(3)14-18(15-17(19)4)26-13-12-25-11-10-24-5/h6-7,14-15H,1-2,10-13H2,3-5H3. The van der Waals surface area contributed by atoms with Gasteiger partial charge in [-0.05, 0) is 55.2 Å². The first-order valence-corrected chi connectivity index (χ1v) is 8.67. The van der Waals surface area contributed by atoms with Gasteiger partial charge in [0.15, 0.2) is 5.76 Å². The Labute approximate surface area is 160 Å². The zero-order valence-corrected chi connectivity index (χ0v) is 16.1. The molecule has 2 aromatic rings. The Kier molecular flexibility index (Phi) is 7.87. The fraction of sp³-hybridized carbons (Fsp3) is 0.318. The van der Waals surface area contributed by atoms with E-state index in [1.54, 1.807) is 19.3 Å². The molecule has 0 unspecified atom stereocenters. The molecule has 0 aliphatic heterocycles. The molecular weight excluding hydrogens is 342 g/mol. The Balaban J connectivity index is 2.06. The highest BCUT2D eigenvalue weighted by atomic mass is 16.5. The van der Waals surface area contributed by atoms with Gasteiger partial charge in [-0.3, -0.25) is 0 Å². The Hall–Kier alpha value is -2.81. The summed E-state index contributed by atoms with van der Waals surface area (Å²) in [4.78, 5) is 4.29. The normalized spacial score (nSPS) is 10.2. The van der Waals surface area contributed by atoms with Crippen LogP contribution in [-0.4, -0.2) is 38.5 Å². The summed E-state index contributed by atoms with van der Waals surface area (Å²) in [6.07, 6.45) is 3.21. The molecule has 5 heteroatoms. The smallest absolute Gasteiger partial charge is 0.274 e. The molecule has 142 valence electrons. The largest absolute Gasteiger partial charge is 0.491 e. The Morgan fingerprint density at radius 3 is 2.33 bits per heavy atom. The van der Waals surface area contributed by atoms with Gasteiger partial charge < -0.3 is 18.6 Å². The fourth-order valence-electron chi connectivity index (χ4n) is 2.47. The van der Waals surface area contributed by atoms with Gasteiger partial charge >= 0.3 is 0 Å². The molecule has 0 spiro atoms. The number of ether oxygens (including phenoxy) is 3. The number of benzene rings is 1. The van der Waals surface area contributed by atoms with E-state index >= 15 is 0 Å². The van der Waals surface area contributed by atoms with Gasteiger partial charge in [-0.1, -0.05) is 19.1 Å². The minimum absolute atomic E-state index is 0.340. The van der Waals surface area contributed by atoms with Crippen LogP contribution in [0.5, 0.6) is 5.75 Å². The van der Waals surface area contributed by atoms with Gasteiger partial charge in [0.05, 0.1) is 19.8 Å². The van der Waals surface area contributed by atoms with Crippen LogP contribution in [-0.2, 0) is 9.47 Å². The van der Waals surface area contributed by atoms with Crippen molar-refractivity contribution in [3.8, 4) is 17.6 Å². The predicted molar refractivity (Wildman–Crippen MR) is 107 cm³/mol. The van der Waals surface area contributed by atoms with Gasteiger partial charge in [-0.25, -0.2) is 4.98 Å². The van der Waals surface area contributed by atoms with E-state index in [4.69, 9.17) is 18.6 Å². The highest BCUT2D eigenvalue weighted by molar-refractivity contribution is 5.57. The van der Waals surface area contributed by atoms with Gasteiger partial charge in [-0.15, -0.1) is 0 Å². The summed E-state index contributed by atoms with van der Waals surface area (Å²) in [5.74, 6) is 7.81. The molecule has 0 bridgehead atoms. The Morgan fingerprint density at radius 2 is 1.74 bits per heavy atom. The molecule has 0 amide bonds. The number of methoxy groups -OCH3 is 1. The highest BCUT2D eigenvalue weighted by Gasteiger charge is 2.07. The summed E-state index contributed by atoms with van der Waals surface area (Å²) < 4.78 is 21.6. The molecule has 0 N–H and O–H groups in total. The monoisotopic (exact) mass is 367 g/mol. The maximum atomic E-state index is 5.75. The van der Waals surface area contributed by atoms with E-state index in [-0.39, 0.29) is 0 Å². The average Bonchev–Trinajstić information content (AvgIpc) is 3.06. The molecule has 1 heterocycles. The molecule has 0 aliphatic rings. The van der Waals surface area contributed by atoms with Crippen LogP contribution in [0.15, 0.2) is 29.7 Å². The lowest BCUT2D eigenvalue weighted by Crippen LogP contribution is -2.10. The third kappa shape index (κ3) is 5.85. The zero-order valence-electron chi connectivity index (χ0n) is 16.1. The van der Waals surface area contributed by atoms with E-state index < -0.39 is 0 Å². The van der Waals surface area contributed by atoms with Crippen molar-refractivity contribution in [3.05, 3.63) is 59.3 Å². The summed E-state index contributed by atoms with van der Waals surface area (Å²) in [6.45, 7) is 13.5. The molecule has 0 fully saturated rings. The minimum Gasteiger partial charge on any atom is -0.491 e. The van der Waals surface area contributed by atoms with Crippen LogP contribution in [0.25, 0.3) is 12.2 Å². The molecule has 2 rings (SSSR count). The summed E-state index contributed by atoms with van der Waals surface area (Å²) in [5, 5.41) is 0. The maximum absolute atomic E-state index is 5.75. The Morgan fingerprint density at radius 1 is 1.04 bits per heavy atom. The molecule has 5 nitrogen and oxygen atoms in total. The highest BCUT2D eigenvalue weighted by Crippen LogP contribution is 2.21. The second-order valence-corrected chi connectivity index (χ2v) is 5.81. The quantitative estimate of drug-likeness (QED) is 0.495. The molecule has 27 heavy (non-hydrogen) atoms. The summed E-state index contributed by atoms with van der Waals surface area (Å²) >= 11 is 0. The number of aromatic nitrogens is 1. The molecule has 0 saturated heterocycles. The zero-order chi connectivity index (χ0) is 19.6. The van der Waals surface area contributed by atoms with Crippen LogP contribution in [0.1, 0.15) is 34.0 Å². The molecule has 0 atom stereocenters. The van der Waals surface area contributed by atoms with Crippen LogP contribution in [0.4, 0.5) is 0 Å². The summed E-state index contributed by atoms with van der Waals surface area (Å²) in [6, 6.07) is 3.93. The Bertz CT molecular complexity index is 806. The van der Waals surface area contributed by atoms with Crippen LogP contribution in [0.2, 0.25) is 0 Å². The fourth-order valence-corrected chi connectivity index (χ4v) is 2.47. The topological polar surface area (TPSA) is 53.7 Å². The van der Waals surface area contributed by atoms with Crippen molar-refractivity contribution in [1.29, 1.82) is 0 Å². The van der Waals surface area contributed by atoms with Crippen LogP contribution in [0, 0.1) is 25.7 Å². The summed E-state index contributed by atoms with van der Waals surface area (Å²) in [5.41, 5.74) is 3.62. The van der Waals surface area contributed by atoms with Gasteiger partial charge in [0.1, 0.15) is 18.1 Å². The molecule has 1 aromatic heterocycles. The first kappa shape index (κ1) is 20.5. The van der Waals surface area contributed by atoms with E-state index in [1.807, 2.05) is 26.0 Å². The number of rotatable bonds is 9. The molecule has 0 radical (unpaired) electrons. The molecule has 0 saturated carbocycles. The number of hydrogen-bond acceptors (Lipinski definition) is 5. The SMILES string of the molecule is C=Cc1nc(C#Cc2c(C)cc(OCCOCCOC)cc2C)oc1C=C. The van der Waals surface area contributed by atoms with Crippen LogP contribution in [0.3, 0.4) is 0 Å². The molecular formula is C22H25NO4. The molecule has 1 aromatic carbocycles. The third-order valence-electron chi connectivity index (χ3n) is 3.79. The second-order valence-electron chi connectivity index (χ2n) is 5.81. The number of nitrogens with zero attached hydrogens (tertiary/aromatic N) is 1. The van der Waals surface area contributed by atoms with E-state index in [1.165, 1.54) is 0 Å². The minimum atomic E-state index is 0.340. The van der Waals surface area contributed by atoms with Crippen molar-refractivity contribution in [2.45, 2.75) is 13.8 Å². The van der Waals surface area contributed by atoms with Crippen LogP contribution >= 0.6 is 0 Å². The van der Waals surface area contributed by atoms with Crippen LogP contribution < -0.4 is 4.74 Å². The van der Waals surface area contributed by atoms with Crippen molar-refractivity contribution >= 4 is 12.2 Å². The van der Waals surface area contributed by atoms with Gasteiger partial charge in [0.25, 0.3) is 5.89 Å². The van der Waals surface area contributed by atoms with Gasteiger partial charge in [0.2, 0.25) is 0 Å². The lowest BCUT2D eigenvalue weighted by Gasteiger charge is -2.10. The predicted octanol–water partition coefficient (Wildman–Crippen LogP) is 4.02. The second kappa shape index (κ2) is 10.4. The van der Waals surface area contributed by atoms with Crippen molar-refractivity contribution in [1.82, 2.24) is 4.98 Å². The van der Waals surface area contributed by atoms with Crippen molar-refractivity contribution < 1.29 is 18.6 Å². The first-order valence-electron chi connectivity index (χ1n) is 8.67. The number of hydrogen-bond donors (Lipinski definition) is 0. The number of aryl methyl sites for hydroxylation is 2. The summed E-state index contributed by atoms with van der Waals surface area (Å²) in [7, 11) is 1.65. The van der Waals surface area contributed by atoms with Crippen molar-refractivity contribution in [3.63, 3.8) is 0 Å². The van der Waals surface area contributed by atoms with Crippen molar-refractivity contribution in [2.24, 2.45) is 0 Å². The van der Waals surface area contributed by atoms with Gasteiger partial charge in [0, 0.05) is 12.7 Å². The maximum Gasteiger partial charge on any atom is 0.274 e. The van der Waals surface area contributed by atoms with E-state index in [9.17, 15) is 0 Å². The third-order valence-corrected chi connectivity index (χ3v) is 3.79. The molecule has 0 aliphatic carbocycles. The van der Waals surface area contributed by atoms with Crippen molar-refractivity contribution in [2.75, 3.05) is 33.5 Å². The average molecular weight is 367 g/mol. The lowest BCUT2D eigenvalue weighted by molar-refractivity contribution is 0.0544. The first-order chi connectivity index (χ1) is 13.1. The lowest BCUT2D eigenvalue weighted by atomic mass is 10.0. The van der Waals surface area contributed by atoms with E-state index in [2.05, 4.69) is 30.0 Å². The van der Waals surface area contributed by atoms with E-state index in [0.717, 1.165) is 22.4 Å². The van der Waals surface area contributed by atoms with E-state index in [0.29, 0.717) is 43.8 Å². The number of oxazole rings is 1. The van der Waals surface area contributed by atoms with Gasteiger partial charge in [-0.2, -0.15) is 0 Å².